The SMILES string of the molecule is C[C@]12CC[C@H](O)C[C@@H]1CC[C@@H]1[C@@H]2CC[C@]2(C)C(O)[C@@H](Br)C[C@@H]12. The summed E-state index contributed by atoms with van der Waals surface area (Å²) < 4.78 is 0. The Morgan fingerprint density at radius 3 is 2.36 bits per heavy atom. The molecule has 9 atom stereocenters. The van der Waals surface area contributed by atoms with Gasteiger partial charge in [0.15, 0.2) is 0 Å². The van der Waals surface area contributed by atoms with Crippen molar-refractivity contribution in [3.05, 3.63) is 0 Å². The predicted molar refractivity (Wildman–Crippen MR) is 91.8 cm³/mol. The highest BCUT2D eigenvalue weighted by Crippen LogP contribution is 2.66. The van der Waals surface area contributed by atoms with Crippen LogP contribution in [0.2, 0.25) is 0 Å². The quantitative estimate of drug-likeness (QED) is 0.629. The van der Waals surface area contributed by atoms with Crippen LogP contribution in [0.5, 0.6) is 0 Å². The Balaban J connectivity index is 1.63. The maximum atomic E-state index is 10.7. The molecule has 0 spiro atoms. The molecule has 0 bridgehead atoms. The van der Waals surface area contributed by atoms with Gasteiger partial charge in [-0.1, -0.05) is 29.8 Å². The first-order valence-electron chi connectivity index (χ1n) is 9.36. The fraction of sp³-hybridized carbons (Fsp3) is 1.00. The Morgan fingerprint density at radius 2 is 1.59 bits per heavy atom. The van der Waals surface area contributed by atoms with Crippen molar-refractivity contribution in [2.75, 3.05) is 0 Å². The molecule has 0 radical (unpaired) electrons. The van der Waals surface area contributed by atoms with E-state index in [0.29, 0.717) is 16.2 Å². The van der Waals surface area contributed by atoms with E-state index in [9.17, 15) is 10.2 Å². The molecule has 4 rings (SSSR count). The minimum atomic E-state index is -0.169. The molecule has 0 heterocycles. The van der Waals surface area contributed by atoms with E-state index in [0.717, 1.165) is 37.0 Å². The third kappa shape index (κ3) is 2.04. The third-order valence-corrected chi connectivity index (χ3v) is 9.45. The molecule has 0 aromatic carbocycles. The van der Waals surface area contributed by atoms with Crippen LogP contribution in [0.1, 0.15) is 65.2 Å². The van der Waals surface area contributed by atoms with Crippen LogP contribution < -0.4 is 0 Å². The van der Waals surface area contributed by atoms with Gasteiger partial charge in [0.05, 0.1) is 12.2 Å². The van der Waals surface area contributed by atoms with Gasteiger partial charge in [-0.15, -0.1) is 0 Å². The summed E-state index contributed by atoms with van der Waals surface area (Å²) in [7, 11) is 0. The molecule has 4 aliphatic rings. The summed E-state index contributed by atoms with van der Waals surface area (Å²) in [5.41, 5.74) is 0.575. The van der Waals surface area contributed by atoms with E-state index in [-0.39, 0.29) is 17.6 Å². The summed E-state index contributed by atoms with van der Waals surface area (Å²) in [4.78, 5) is 0.292. The summed E-state index contributed by atoms with van der Waals surface area (Å²) in [5.74, 6) is 3.04. The number of hydrogen-bond acceptors (Lipinski definition) is 2. The highest BCUT2D eigenvalue weighted by atomic mass is 79.9. The minimum absolute atomic E-state index is 0.0521. The van der Waals surface area contributed by atoms with Crippen LogP contribution in [0, 0.1) is 34.5 Å². The number of aliphatic hydroxyl groups excluding tert-OH is 2. The van der Waals surface area contributed by atoms with E-state index in [4.69, 9.17) is 0 Å². The maximum Gasteiger partial charge on any atom is 0.0721 e. The summed E-state index contributed by atoms with van der Waals surface area (Å²) in [6.07, 6.45) is 9.28. The van der Waals surface area contributed by atoms with Gasteiger partial charge in [0.1, 0.15) is 0 Å². The van der Waals surface area contributed by atoms with Gasteiger partial charge in [-0.3, -0.25) is 0 Å². The molecule has 2 N–H and O–H groups in total. The molecular formula is C19H31BrO2. The molecule has 0 aromatic rings. The lowest BCUT2D eigenvalue weighted by Gasteiger charge is -2.60. The van der Waals surface area contributed by atoms with E-state index in [1.165, 1.54) is 32.1 Å². The number of alkyl halides is 1. The molecule has 0 amide bonds. The first-order chi connectivity index (χ1) is 10.4. The van der Waals surface area contributed by atoms with Crippen molar-refractivity contribution in [3.8, 4) is 0 Å². The van der Waals surface area contributed by atoms with Crippen molar-refractivity contribution >= 4 is 15.9 Å². The monoisotopic (exact) mass is 370 g/mol. The Labute approximate surface area is 143 Å². The molecule has 0 saturated heterocycles. The Hall–Kier alpha value is 0.400. The van der Waals surface area contributed by atoms with Gasteiger partial charge in [-0.05, 0) is 85.9 Å². The Morgan fingerprint density at radius 1 is 0.864 bits per heavy atom. The van der Waals surface area contributed by atoms with Gasteiger partial charge in [-0.25, -0.2) is 0 Å². The second kappa shape index (κ2) is 5.20. The number of fused-ring (bicyclic) bond motifs is 5. The van der Waals surface area contributed by atoms with Crippen molar-refractivity contribution in [1.29, 1.82) is 0 Å². The molecule has 4 saturated carbocycles. The third-order valence-electron chi connectivity index (χ3n) is 8.57. The average Bonchev–Trinajstić information content (AvgIpc) is 2.72. The fourth-order valence-corrected chi connectivity index (χ4v) is 8.19. The zero-order valence-electron chi connectivity index (χ0n) is 14.0. The fourth-order valence-electron chi connectivity index (χ4n) is 7.18. The van der Waals surface area contributed by atoms with E-state index in [1.807, 2.05) is 0 Å². The lowest BCUT2D eigenvalue weighted by atomic mass is 9.45. The van der Waals surface area contributed by atoms with Gasteiger partial charge >= 0.3 is 0 Å². The predicted octanol–water partition coefficient (Wildman–Crippen LogP) is 4.12. The first-order valence-corrected chi connectivity index (χ1v) is 10.3. The molecule has 4 aliphatic carbocycles. The molecule has 2 nitrogen and oxygen atoms in total. The molecule has 22 heavy (non-hydrogen) atoms. The van der Waals surface area contributed by atoms with Crippen molar-refractivity contribution in [1.82, 2.24) is 0 Å². The summed E-state index contributed by atoms with van der Waals surface area (Å²) >= 11 is 3.75. The highest BCUT2D eigenvalue weighted by molar-refractivity contribution is 9.09. The van der Waals surface area contributed by atoms with Crippen LogP contribution >= 0.6 is 15.9 Å². The second-order valence-corrected chi connectivity index (χ2v) is 10.5. The van der Waals surface area contributed by atoms with Crippen LogP contribution in [0.3, 0.4) is 0 Å². The van der Waals surface area contributed by atoms with Gasteiger partial charge < -0.3 is 10.2 Å². The maximum absolute atomic E-state index is 10.7. The summed E-state index contributed by atoms with van der Waals surface area (Å²) in [5, 5.41) is 20.8. The second-order valence-electron chi connectivity index (χ2n) is 9.33. The van der Waals surface area contributed by atoms with Crippen molar-refractivity contribution in [2.24, 2.45) is 34.5 Å². The van der Waals surface area contributed by atoms with Gasteiger partial charge in [0, 0.05) is 4.83 Å². The minimum Gasteiger partial charge on any atom is -0.393 e. The van der Waals surface area contributed by atoms with Crippen LogP contribution in [-0.4, -0.2) is 27.2 Å². The summed E-state index contributed by atoms with van der Waals surface area (Å²) in [6, 6.07) is 0. The van der Waals surface area contributed by atoms with Crippen LogP contribution in [0.25, 0.3) is 0 Å². The van der Waals surface area contributed by atoms with E-state index < -0.39 is 0 Å². The summed E-state index contributed by atoms with van der Waals surface area (Å²) in [6.45, 7) is 4.87. The highest BCUT2D eigenvalue weighted by Gasteiger charge is 2.61. The van der Waals surface area contributed by atoms with Crippen molar-refractivity contribution in [2.45, 2.75) is 82.2 Å². The molecule has 0 aromatic heterocycles. The first kappa shape index (κ1) is 15.9. The van der Waals surface area contributed by atoms with Gasteiger partial charge in [0.25, 0.3) is 0 Å². The number of halogens is 1. The topological polar surface area (TPSA) is 40.5 Å². The number of aliphatic hydroxyl groups is 2. The standard InChI is InChI=1S/C19H31BrO2/c1-18-7-5-12(21)9-11(18)3-4-13-14(18)6-8-19(2)15(13)10-16(20)17(19)22/h11-17,21-22H,3-10H2,1-2H3/t11-,12-,13+,14-,15-,16-,17?,18-,19-/m0/s1. The van der Waals surface area contributed by atoms with Crippen LogP contribution in [0.4, 0.5) is 0 Å². The molecular weight excluding hydrogens is 340 g/mol. The van der Waals surface area contributed by atoms with Crippen molar-refractivity contribution < 1.29 is 10.2 Å². The number of hydrogen-bond donors (Lipinski definition) is 2. The van der Waals surface area contributed by atoms with Gasteiger partial charge in [-0.2, -0.15) is 0 Å². The van der Waals surface area contributed by atoms with Gasteiger partial charge in [0.2, 0.25) is 0 Å². The molecule has 0 aliphatic heterocycles. The largest absolute Gasteiger partial charge is 0.393 e. The van der Waals surface area contributed by atoms with E-state index in [1.54, 1.807) is 0 Å². The molecule has 4 fully saturated rings. The van der Waals surface area contributed by atoms with Crippen LogP contribution in [-0.2, 0) is 0 Å². The van der Waals surface area contributed by atoms with E-state index in [2.05, 4.69) is 29.8 Å². The molecule has 3 heteroatoms. The smallest absolute Gasteiger partial charge is 0.0721 e. The van der Waals surface area contributed by atoms with E-state index >= 15 is 0 Å². The zero-order valence-corrected chi connectivity index (χ0v) is 15.6. The lowest BCUT2D eigenvalue weighted by molar-refractivity contribution is -0.133. The normalized spacial score (nSPS) is 61.2. The van der Waals surface area contributed by atoms with Crippen molar-refractivity contribution in [3.63, 3.8) is 0 Å². The zero-order chi connectivity index (χ0) is 15.7. The van der Waals surface area contributed by atoms with Crippen LogP contribution in [0.15, 0.2) is 0 Å². The lowest BCUT2D eigenvalue weighted by Crippen LogP contribution is -2.54. The molecule has 1 unspecified atom stereocenters. The Kier molecular flexibility index (Phi) is 3.76. The average molecular weight is 371 g/mol. The number of rotatable bonds is 0. The Bertz CT molecular complexity index is 455. The molecule has 126 valence electrons.